The zero-order valence-electron chi connectivity index (χ0n) is 21.5. The highest BCUT2D eigenvalue weighted by molar-refractivity contribution is 7.89. The van der Waals surface area contributed by atoms with Crippen LogP contribution in [-0.2, 0) is 16.6 Å². The monoisotopic (exact) mass is 539 g/mol. The largest absolute Gasteiger partial charge is 0.467 e. The van der Waals surface area contributed by atoms with E-state index in [0.717, 1.165) is 41.5 Å². The van der Waals surface area contributed by atoms with Crippen LogP contribution >= 0.6 is 11.3 Å². The zero-order chi connectivity index (χ0) is 26.4. The Morgan fingerprint density at radius 3 is 2.27 bits per heavy atom. The number of thiazole rings is 1. The normalized spacial score (nSPS) is 11.9. The van der Waals surface area contributed by atoms with E-state index in [2.05, 4.69) is 0 Å². The number of hydrogen-bond acceptors (Lipinski definition) is 6. The molecular formula is C28H33N3O4S2. The minimum absolute atomic E-state index is 0.199. The number of furan rings is 1. The number of fused-ring (bicyclic) bond motifs is 1. The molecule has 2 aromatic heterocycles. The Hall–Kier alpha value is -3.01. The lowest BCUT2D eigenvalue weighted by molar-refractivity contribution is 0.0983. The summed E-state index contributed by atoms with van der Waals surface area (Å²) in [6.45, 7) is 7.29. The lowest BCUT2D eigenvalue weighted by Gasteiger charge is -2.22. The van der Waals surface area contributed by atoms with Gasteiger partial charge in [0.15, 0.2) is 5.13 Å². The third-order valence-corrected chi connectivity index (χ3v) is 9.20. The van der Waals surface area contributed by atoms with Gasteiger partial charge >= 0.3 is 0 Å². The highest BCUT2D eigenvalue weighted by atomic mass is 32.2. The summed E-state index contributed by atoms with van der Waals surface area (Å²) < 4.78 is 34.7. The molecule has 196 valence electrons. The minimum atomic E-state index is -3.64. The van der Waals surface area contributed by atoms with Gasteiger partial charge in [-0.1, -0.05) is 50.2 Å². The van der Waals surface area contributed by atoms with Crippen molar-refractivity contribution in [1.29, 1.82) is 0 Å². The number of benzene rings is 2. The van der Waals surface area contributed by atoms with Crippen LogP contribution in [0.15, 0.2) is 70.2 Å². The molecule has 4 aromatic rings. The van der Waals surface area contributed by atoms with Crippen molar-refractivity contribution in [2.45, 2.75) is 57.9 Å². The van der Waals surface area contributed by atoms with E-state index in [0.29, 0.717) is 29.5 Å². The molecule has 0 aliphatic heterocycles. The first-order chi connectivity index (χ1) is 17.8. The number of anilines is 1. The van der Waals surface area contributed by atoms with Gasteiger partial charge in [0.05, 0.1) is 27.9 Å². The van der Waals surface area contributed by atoms with E-state index >= 15 is 0 Å². The van der Waals surface area contributed by atoms with Crippen molar-refractivity contribution in [2.75, 3.05) is 18.0 Å². The fourth-order valence-electron chi connectivity index (χ4n) is 4.07. The number of aromatic nitrogens is 1. The molecule has 2 heterocycles. The third-order valence-electron chi connectivity index (χ3n) is 6.24. The molecule has 0 N–H and O–H groups in total. The molecule has 0 unspecified atom stereocenters. The minimum Gasteiger partial charge on any atom is -0.467 e. The Kier molecular flexibility index (Phi) is 8.79. The number of para-hydroxylation sites is 1. The Balaban J connectivity index is 1.64. The standard InChI is InChI=1S/C28H33N3O4S2/c1-4-6-17-30(18-7-5-2)37(33,34)24-15-13-22(14-16-24)27(32)31(20-23-11-9-19-35-23)28-29-26-21(3)10-8-12-25(26)36-28/h8-16,19H,4-7,17-18,20H2,1-3H3. The maximum atomic E-state index is 13.7. The van der Waals surface area contributed by atoms with E-state index in [4.69, 9.17) is 9.40 Å². The molecule has 2 aromatic carbocycles. The molecule has 37 heavy (non-hydrogen) atoms. The first kappa shape index (κ1) is 27.0. The van der Waals surface area contributed by atoms with E-state index in [-0.39, 0.29) is 17.3 Å². The molecule has 0 saturated heterocycles. The molecule has 7 nitrogen and oxygen atoms in total. The van der Waals surface area contributed by atoms with Crippen molar-refractivity contribution in [3.8, 4) is 0 Å². The molecule has 0 aliphatic rings. The average Bonchev–Trinajstić information content (AvgIpc) is 3.57. The Labute approximate surface area is 222 Å². The Morgan fingerprint density at radius 1 is 0.973 bits per heavy atom. The molecule has 0 bridgehead atoms. The summed E-state index contributed by atoms with van der Waals surface area (Å²) in [5.41, 5.74) is 2.28. The van der Waals surface area contributed by atoms with Crippen LogP contribution in [0.25, 0.3) is 10.2 Å². The summed E-state index contributed by atoms with van der Waals surface area (Å²) >= 11 is 1.44. The molecule has 0 spiro atoms. The maximum Gasteiger partial charge on any atom is 0.260 e. The predicted octanol–water partition coefficient (Wildman–Crippen LogP) is 6.64. The van der Waals surface area contributed by atoms with Crippen LogP contribution in [0.5, 0.6) is 0 Å². The summed E-state index contributed by atoms with van der Waals surface area (Å²) in [6, 6.07) is 15.8. The summed E-state index contributed by atoms with van der Waals surface area (Å²) in [4.78, 5) is 20.2. The second-order valence-corrected chi connectivity index (χ2v) is 12.0. The molecule has 0 fully saturated rings. The SMILES string of the molecule is CCCCN(CCCC)S(=O)(=O)c1ccc(C(=O)N(Cc2ccco2)c2nc3c(C)cccc3s2)cc1. The van der Waals surface area contributed by atoms with Crippen LogP contribution in [0, 0.1) is 6.92 Å². The van der Waals surface area contributed by atoms with Gasteiger partial charge < -0.3 is 4.42 Å². The van der Waals surface area contributed by atoms with Gasteiger partial charge in [-0.15, -0.1) is 0 Å². The summed E-state index contributed by atoms with van der Waals surface area (Å²) in [5.74, 6) is 0.358. The van der Waals surface area contributed by atoms with Crippen LogP contribution in [0.2, 0.25) is 0 Å². The lowest BCUT2D eigenvalue weighted by Crippen LogP contribution is -2.33. The highest BCUT2D eigenvalue weighted by Crippen LogP contribution is 2.32. The van der Waals surface area contributed by atoms with Gasteiger partial charge in [-0.2, -0.15) is 4.31 Å². The fourth-order valence-corrected chi connectivity index (χ4v) is 6.63. The second-order valence-electron chi connectivity index (χ2n) is 9.02. The van der Waals surface area contributed by atoms with Crippen molar-refractivity contribution in [1.82, 2.24) is 9.29 Å². The zero-order valence-corrected chi connectivity index (χ0v) is 23.1. The number of rotatable bonds is 12. The number of carbonyl (C=O) groups excluding carboxylic acids is 1. The molecule has 0 saturated carbocycles. The predicted molar refractivity (Wildman–Crippen MR) is 149 cm³/mol. The number of sulfonamides is 1. The highest BCUT2D eigenvalue weighted by Gasteiger charge is 2.26. The molecule has 0 aliphatic carbocycles. The van der Waals surface area contributed by atoms with Crippen molar-refractivity contribution >= 4 is 42.6 Å². The van der Waals surface area contributed by atoms with Gasteiger partial charge in [0.1, 0.15) is 5.76 Å². The van der Waals surface area contributed by atoms with E-state index in [1.807, 2.05) is 45.0 Å². The van der Waals surface area contributed by atoms with Crippen LogP contribution in [0.4, 0.5) is 5.13 Å². The van der Waals surface area contributed by atoms with Gasteiger partial charge in [-0.05, 0) is 67.8 Å². The van der Waals surface area contributed by atoms with Crippen LogP contribution in [0.1, 0.15) is 61.2 Å². The van der Waals surface area contributed by atoms with Gasteiger partial charge in [0.25, 0.3) is 5.91 Å². The van der Waals surface area contributed by atoms with Crippen LogP contribution in [-0.4, -0.2) is 36.7 Å². The van der Waals surface area contributed by atoms with E-state index < -0.39 is 10.0 Å². The first-order valence-corrected chi connectivity index (χ1v) is 14.9. The number of hydrogen-bond donors (Lipinski definition) is 0. The lowest BCUT2D eigenvalue weighted by atomic mass is 10.2. The molecule has 4 rings (SSSR count). The number of aryl methyl sites for hydroxylation is 1. The van der Waals surface area contributed by atoms with Crippen molar-refractivity contribution in [3.63, 3.8) is 0 Å². The van der Waals surface area contributed by atoms with Crippen LogP contribution < -0.4 is 4.90 Å². The van der Waals surface area contributed by atoms with Gasteiger partial charge in [-0.3, -0.25) is 9.69 Å². The van der Waals surface area contributed by atoms with Crippen molar-refractivity contribution in [2.24, 2.45) is 0 Å². The number of nitrogens with zero attached hydrogens (tertiary/aromatic N) is 3. The molecule has 0 atom stereocenters. The van der Waals surface area contributed by atoms with Gasteiger partial charge in [0.2, 0.25) is 10.0 Å². The summed E-state index contributed by atoms with van der Waals surface area (Å²) in [5, 5.41) is 0.563. The summed E-state index contributed by atoms with van der Waals surface area (Å²) in [6.07, 6.45) is 5.03. The third kappa shape index (κ3) is 6.11. The first-order valence-electron chi connectivity index (χ1n) is 12.7. The van der Waals surface area contributed by atoms with E-state index in [9.17, 15) is 13.2 Å². The quantitative estimate of drug-likeness (QED) is 0.202. The second kappa shape index (κ2) is 12.0. The van der Waals surface area contributed by atoms with Crippen molar-refractivity contribution < 1.29 is 17.6 Å². The molecular weight excluding hydrogens is 506 g/mol. The Morgan fingerprint density at radius 2 is 1.68 bits per heavy atom. The Bertz CT molecular complexity index is 1420. The number of unbranched alkanes of at least 4 members (excludes halogenated alkanes) is 2. The average molecular weight is 540 g/mol. The van der Waals surface area contributed by atoms with Crippen molar-refractivity contribution in [3.05, 3.63) is 77.7 Å². The number of carbonyl (C=O) groups is 1. The van der Waals surface area contributed by atoms with E-state index in [1.54, 1.807) is 33.7 Å². The van der Waals surface area contributed by atoms with Crippen LogP contribution in [0.3, 0.4) is 0 Å². The maximum absolute atomic E-state index is 13.7. The van der Waals surface area contributed by atoms with Gasteiger partial charge in [-0.25, -0.2) is 13.4 Å². The molecule has 0 radical (unpaired) electrons. The molecule has 1 amide bonds. The van der Waals surface area contributed by atoms with Gasteiger partial charge in [0, 0.05) is 18.7 Å². The topological polar surface area (TPSA) is 83.7 Å². The number of amides is 1. The van der Waals surface area contributed by atoms with E-state index in [1.165, 1.54) is 23.5 Å². The summed E-state index contributed by atoms with van der Waals surface area (Å²) in [7, 11) is -3.64. The fraction of sp³-hybridized carbons (Fsp3) is 0.357. The smallest absolute Gasteiger partial charge is 0.260 e. The molecule has 9 heteroatoms.